The van der Waals surface area contributed by atoms with Gasteiger partial charge in [0.1, 0.15) is 24.7 Å². The van der Waals surface area contributed by atoms with E-state index in [4.69, 9.17) is 5.11 Å². The van der Waals surface area contributed by atoms with Gasteiger partial charge < -0.3 is 10.4 Å². The van der Waals surface area contributed by atoms with E-state index in [1.807, 2.05) is 0 Å². The fourth-order valence-corrected chi connectivity index (χ4v) is 1.69. The van der Waals surface area contributed by atoms with Crippen LogP contribution in [0.5, 0.6) is 0 Å². The monoisotopic (exact) mass is 224 g/mol. The van der Waals surface area contributed by atoms with Crippen LogP contribution in [0.2, 0.25) is 0 Å². The Bertz CT molecular complexity index is 397. The average molecular weight is 224 g/mol. The number of aromatic nitrogens is 3. The molecule has 2 rings (SSSR count). The van der Waals surface area contributed by atoms with Gasteiger partial charge in [-0.3, -0.25) is 4.79 Å². The van der Waals surface area contributed by atoms with E-state index in [2.05, 4.69) is 15.4 Å². The van der Waals surface area contributed by atoms with Gasteiger partial charge in [-0.2, -0.15) is 5.10 Å². The number of nitrogens with one attached hydrogen (secondary N) is 1. The van der Waals surface area contributed by atoms with Crippen molar-refractivity contribution in [1.29, 1.82) is 0 Å². The Hall–Kier alpha value is -1.92. The molecule has 0 radical (unpaired) electrons. The fourth-order valence-electron chi connectivity index (χ4n) is 1.69. The highest BCUT2D eigenvalue weighted by atomic mass is 16.4. The molecule has 7 heteroatoms. The number of aliphatic carboxylic acids is 1. The lowest BCUT2D eigenvalue weighted by molar-refractivity contribution is -0.151. The summed E-state index contributed by atoms with van der Waals surface area (Å²) in [7, 11) is 0. The molecular weight excluding hydrogens is 212 g/mol. The maximum absolute atomic E-state index is 11.6. The Morgan fingerprint density at radius 2 is 2.25 bits per heavy atom. The lowest BCUT2D eigenvalue weighted by atomic mass is 9.77. The van der Waals surface area contributed by atoms with Crippen LogP contribution in [0.4, 0.5) is 0 Å². The molecule has 1 aliphatic carbocycles. The van der Waals surface area contributed by atoms with Crippen LogP contribution in [-0.4, -0.2) is 37.3 Å². The number of carbonyl (C=O) groups excluding carboxylic acids is 1. The second-order valence-electron chi connectivity index (χ2n) is 3.88. The van der Waals surface area contributed by atoms with Crippen LogP contribution < -0.4 is 5.32 Å². The first-order chi connectivity index (χ1) is 7.62. The van der Waals surface area contributed by atoms with Gasteiger partial charge in [0.05, 0.1) is 0 Å². The first-order valence-electron chi connectivity index (χ1n) is 4.99. The molecule has 0 saturated heterocycles. The predicted molar refractivity (Wildman–Crippen MR) is 52.4 cm³/mol. The van der Waals surface area contributed by atoms with Gasteiger partial charge in [-0.1, -0.05) is 0 Å². The van der Waals surface area contributed by atoms with Crippen molar-refractivity contribution in [2.24, 2.45) is 0 Å². The highest BCUT2D eigenvalue weighted by Gasteiger charge is 2.45. The lowest BCUT2D eigenvalue weighted by Crippen LogP contribution is -2.59. The molecule has 86 valence electrons. The van der Waals surface area contributed by atoms with E-state index in [1.165, 1.54) is 17.3 Å². The van der Waals surface area contributed by atoms with Gasteiger partial charge in [0.15, 0.2) is 0 Å². The van der Waals surface area contributed by atoms with Crippen LogP contribution >= 0.6 is 0 Å². The second kappa shape index (κ2) is 3.92. The molecule has 1 aromatic heterocycles. The summed E-state index contributed by atoms with van der Waals surface area (Å²) in [5, 5.41) is 15.3. The zero-order valence-corrected chi connectivity index (χ0v) is 8.59. The molecule has 1 heterocycles. The van der Waals surface area contributed by atoms with Crippen LogP contribution in [0, 0.1) is 0 Å². The molecule has 1 aromatic rings. The molecule has 0 aromatic carbocycles. The van der Waals surface area contributed by atoms with Gasteiger partial charge in [-0.15, -0.1) is 0 Å². The van der Waals surface area contributed by atoms with Crippen LogP contribution in [0.1, 0.15) is 19.3 Å². The number of carboxylic acids is 1. The molecule has 1 aliphatic rings. The van der Waals surface area contributed by atoms with Crippen molar-refractivity contribution in [1.82, 2.24) is 20.1 Å². The van der Waals surface area contributed by atoms with Crippen molar-refractivity contribution >= 4 is 11.9 Å². The molecule has 0 spiro atoms. The average Bonchev–Trinajstić information content (AvgIpc) is 2.63. The van der Waals surface area contributed by atoms with Crippen LogP contribution in [0.15, 0.2) is 12.7 Å². The topological polar surface area (TPSA) is 97.1 Å². The standard InChI is InChI=1S/C9H12N4O3/c14-7(4-13-6-10-5-11-13)12-9(8(15)16)2-1-3-9/h5-6H,1-4H2,(H,12,14)(H,15,16). The molecule has 0 unspecified atom stereocenters. The molecule has 16 heavy (non-hydrogen) atoms. The number of rotatable bonds is 4. The number of carbonyl (C=O) groups is 2. The van der Waals surface area contributed by atoms with Gasteiger partial charge in [0.2, 0.25) is 5.91 Å². The number of hydrogen-bond acceptors (Lipinski definition) is 4. The van der Waals surface area contributed by atoms with Crippen molar-refractivity contribution in [2.75, 3.05) is 0 Å². The largest absolute Gasteiger partial charge is 0.480 e. The maximum atomic E-state index is 11.6. The Kier molecular flexibility index (Phi) is 2.59. The van der Waals surface area contributed by atoms with Crippen LogP contribution in [-0.2, 0) is 16.1 Å². The summed E-state index contributed by atoms with van der Waals surface area (Å²) in [5.74, 6) is -1.32. The van der Waals surface area contributed by atoms with Crippen molar-refractivity contribution in [2.45, 2.75) is 31.3 Å². The maximum Gasteiger partial charge on any atom is 0.329 e. The smallest absolute Gasteiger partial charge is 0.329 e. The minimum atomic E-state index is -1.06. The third-order valence-corrected chi connectivity index (χ3v) is 2.77. The third-order valence-electron chi connectivity index (χ3n) is 2.77. The van der Waals surface area contributed by atoms with Gasteiger partial charge in [0, 0.05) is 0 Å². The zero-order valence-electron chi connectivity index (χ0n) is 8.59. The number of hydrogen-bond donors (Lipinski definition) is 2. The Labute approximate surface area is 91.5 Å². The summed E-state index contributed by atoms with van der Waals surface area (Å²) in [5.41, 5.74) is -1.06. The Morgan fingerprint density at radius 3 is 2.69 bits per heavy atom. The molecule has 1 saturated carbocycles. The molecule has 2 N–H and O–H groups in total. The summed E-state index contributed by atoms with van der Waals surface area (Å²) in [4.78, 5) is 26.2. The fraction of sp³-hybridized carbons (Fsp3) is 0.556. The van der Waals surface area contributed by atoms with Gasteiger partial charge in [0.25, 0.3) is 0 Å². The predicted octanol–water partition coefficient (Wildman–Crippen LogP) is -0.598. The van der Waals surface area contributed by atoms with E-state index in [0.29, 0.717) is 12.8 Å². The molecule has 1 fully saturated rings. The van der Waals surface area contributed by atoms with E-state index in [1.54, 1.807) is 0 Å². The van der Waals surface area contributed by atoms with Gasteiger partial charge in [-0.05, 0) is 19.3 Å². The van der Waals surface area contributed by atoms with Gasteiger partial charge >= 0.3 is 5.97 Å². The van der Waals surface area contributed by atoms with Crippen molar-refractivity contribution in [3.63, 3.8) is 0 Å². The minimum absolute atomic E-state index is 0.00493. The van der Waals surface area contributed by atoms with Crippen molar-refractivity contribution in [3.05, 3.63) is 12.7 Å². The summed E-state index contributed by atoms with van der Waals surface area (Å²) in [6.45, 7) is -0.00493. The summed E-state index contributed by atoms with van der Waals surface area (Å²) >= 11 is 0. The first kappa shape index (κ1) is 10.6. The Morgan fingerprint density at radius 1 is 1.50 bits per heavy atom. The Balaban J connectivity index is 1.94. The van der Waals surface area contributed by atoms with E-state index < -0.39 is 11.5 Å². The molecule has 0 atom stereocenters. The SMILES string of the molecule is O=C(Cn1cncn1)NC1(C(=O)O)CCC1. The summed E-state index contributed by atoms with van der Waals surface area (Å²) < 4.78 is 1.35. The molecule has 7 nitrogen and oxygen atoms in total. The zero-order chi connectivity index (χ0) is 11.6. The number of carboxylic acid groups (broad SMARTS) is 1. The molecular formula is C9H12N4O3. The highest BCUT2D eigenvalue weighted by Crippen LogP contribution is 2.31. The number of nitrogens with zero attached hydrogens (tertiary/aromatic N) is 3. The molecule has 0 bridgehead atoms. The lowest BCUT2D eigenvalue weighted by Gasteiger charge is -2.38. The number of amides is 1. The van der Waals surface area contributed by atoms with Crippen LogP contribution in [0.25, 0.3) is 0 Å². The molecule has 1 amide bonds. The highest BCUT2D eigenvalue weighted by molar-refractivity contribution is 5.87. The second-order valence-corrected chi connectivity index (χ2v) is 3.88. The van der Waals surface area contributed by atoms with Crippen LogP contribution in [0.3, 0.4) is 0 Å². The van der Waals surface area contributed by atoms with E-state index in [9.17, 15) is 9.59 Å². The van der Waals surface area contributed by atoms with E-state index in [-0.39, 0.29) is 12.5 Å². The van der Waals surface area contributed by atoms with Crippen molar-refractivity contribution < 1.29 is 14.7 Å². The van der Waals surface area contributed by atoms with Crippen molar-refractivity contribution in [3.8, 4) is 0 Å². The molecule has 0 aliphatic heterocycles. The van der Waals surface area contributed by atoms with Gasteiger partial charge in [-0.25, -0.2) is 14.5 Å². The summed E-state index contributed by atoms with van der Waals surface area (Å²) in [6.07, 6.45) is 4.55. The quantitative estimate of drug-likeness (QED) is 0.711. The minimum Gasteiger partial charge on any atom is -0.480 e. The third kappa shape index (κ3) is 1.88. The van der Waals surface area contributed by atoms with E-state index >= 15 is 0 Å². The summed E-state index contributed by atoms with van der Waals surface area (Å²) in [6, 6.07) is 0. The van der Waals surface area contributed by atoms with E-state index in [0.717, 1.165) is 6.42 Å². The first-order valence-corrected chi connectivity index (χ1v) is 4.99. The normalized spacial score (nSPS) is 17.5.